The van der Waals surface area contributed by atoms with E-state index in [1.165, 1.54) is 12.1 Å². The molecule has 1 unspecified atom stereocenters. The van der Waals surface area contributed by atoms with Crippen LogP contribution in [0.25, 0.3) is 0 Å². The van der Waals surface area contributed by atoms with Crippen LogP contribution in [0.5, 0.6) is 0 Å². The third-order valence-corrected chi connectivity index (χ3v) is 3.66. The number of H-pyrrole nitrogens is 1. The zero-order valence-electron chi connectivity index (χ0n) is 8.91. The topological polar surface area (TPSA) is 68.7 Å². The van der Waals surface area contributed by atoms with Gasteiger partial charge in [-0.3, -0.25) is 4.72 Å². The van der Waals surface area contributed by atoms with Crippen LogP contribution >= 0.6 is 15.9 Å². The molecule has 2 aromatic rings. The Morgan fingerprint density at radius 1 is 1.42 bits per heavy atom. The van der Waals surface area contributed by atoms with Crippen LogP contribution in [0.15, 0.2) is 40.0 Å². The van der Waals surface area contributed by atoms with Crippen LogP contribution in [0.3, 0.4) is 0 Å². The Bertz CT molecular complexity index is 651. The van der Waals surface area contributed by atoms with Crippen molar-refractivity contribution in [2.24, 2.45) is 0 Å². The van der Waals surface area contributed by atoms with Crippen molar-refractivity contribution in [3.8, 4) is 6.07 Å². The molecule has 2 rings (SSSR count). The molecule has 1 aromatic heterocycles. The van der Waals surface area contributed by atoms with Gasteiger partial charge in [0.15, 0.2) is 11.0 Å². The van der Waals surface area contributed by atoms with E-state index >= 15 is 0 Å². The van der Waals surface area contributed by atoms with Crippen molar-refractivity contribution in [2.75, 3.05) is 4.72 Å². The first-order valence-electron chi connectivity index (χ1n) is 4.82. The fourth-order valence-electron chi connectivity index (χ4n) is 1.28. The van der Waals surface area contributed by atoms with Gasteiger partial charge in [0.2, 0.25) is 0 Å². The molecule has 1 aromatic carbocycles. The summed E-state index contributed by atoms with van der Waals surface area (Å²) in [6.45, 7) is 0. The molecule has 0 aliphatic heterocycles. The van der Waals surface area contributed by atoms with Gasteiger partial charge in [-0.2, -0.15) is 5.26 Å². The maximum Gasteiger partial charge on any atom is 0.151 e. The highest BCUT2D eigenvalue weighted by Gasteiger charge is 2.09. The minimum Gasteiger partial charge on any atom is -0.355 e. The van der Waals surface area contributed by atoms with E-state index in [4.69, 9.17) is 5.26 Å². The van der Waals surface area contributed by atoms with Gasteiger partial charge in [-0.1, -0.05) is 7.43 Å². The van der Waals surface area contributed by atoms with Crippen LogP contribution in [0.1, 0.15) is 13.0 Å². The molecule has 0 fully saturated rings. The fourth-order valence-corrected chi connectivity index (χ4v) is 2.67. The van der Waals surface area contributed by atoms with E-state index in [1.54, 1.807) is 12.3 Å². The summed E-state index contributed by atoms with van der Waals surface area (Å²) in [5, 5.41) is 8.61. The number of nitrogens with zero attached hydrogens (tertiary/aromatic N) is 1. The predicted octanol–water partition coefficient (Wildman–Crippen LogP) is 3.56. The molecule has 0 spiro atoms. The van der Waals surface area contributed by atoms with Crippen molar-refractivity contribution in [3.05, 3.63) is 46.4 Å². The van der Waals surface area contributed by atoms with Crippen molar-refractivity contribution < 1.29 is 8.60 Å². The van der Waals surface area contributed by atoms with Crippen LogP contribution in [0.2, 0.25) is 0 Å². The van der Waals surface area contributed by atoms with Gasteiger partial charge in [-0.15, -0.1) is 0 Å². The van der Waals surface area contributed by atoms with Crippen molar-refractivity contribution in [3.63, 3.8) is 0 Å². The van der Waals surface area contributed by atoms with Gasteiger partial charge in [0.05, 0.1) is 26.8 Å². The monoisotopic (exact) mass is 343 g/mol. The highest BCUT2D eigenvalue weighted by atomic mass is 79.9. The summed E-state index contributed by atoms with van der Waals surface area (Å²) in [4.78, 5) is 3.31. The van der Waals surface area contributed by atoms with Crippen molar-refractivity contribution >= 4 is 32.6 Å². The highest BCUT2D eigenvalue weighted by Crippen LogP contribution is 2.19. The molecule has 0 radical (unpaired) electrons. The molecule has 0 aliphatic rings. The molecule has 100 valence electrons. The van der Waals surface area contributed by atoms with Gasteiger partial charge in [0, 0.05) is 6.20 Å². The Kier molecular flexibility index (Phi) is 5.27. The van der Waals surface area contributed by atoms with Crippen LogP contribution in [-0.4, -0.2) is 9.19 Å². The van der Waals surface area contributed by atoms with Crippen molar-refractivity contribution in [1.29, 1.82) is 5.26 Å². The van der Waals surface area contributed by atoms with E-state index in [-0.39, 0.29) is 18.7 Å². The Balaban J connectivity index is 0.00000180. The quantitative estimate of drug-likeness (QED) is 0.894. The SMILES string of the molecule is C.N#Cc1ccc(NS(=O)c2c[nH]c(Br)c2)c(F)c1. The van der Waals surface area contributed by atoms with Crippen LogP contribution in [-0.2, 0) is 11.0 Å². The highest BCUT2D eigenvalue weighted by molar-refractivity contribution is 9.10. The third-order valence-electron chi connectivity index (χ3n) is 2.14. The number of benzene rings is 1. The number of aromatic nitrogens is 1. The molecule has 1 heterocycles. The number of rotatable bonds is 3. The molecule has 7 heteroatoms. The minimum absolute atomic E-state index is 0. The number of nitriles is 1. The number of halogens is 2. The van der Waals surface area contributed by atoms with E-state index in [9.17, 15) is 8.60 Å². The van der Waals surface area contributed by atoms with E-state index in [0.717, 1.165) is 6.07 Å². The second-order valence-electron chi connectivity index (χ2n) is 3.36. The molecule has 0 bridgehead atoms. The normalized spacial score (nSPS) is 11.2. The summed E-state index contributed by atoms with van der Waals surface area (Å²) >= 11 is 3.19. The average Bonchev–Trinajstić information content (AvgIpc) is 2.78. The average molecular weight is 344 g/mol. The first kappa shape index (κ1) is 15.4. The lowest BCUT2D eigenvalue weighted by molar-refractivity contribution is 0.631. The molecule has 4 nitrogen and oxygen atoms in total. The van der Waals surface area contributed by atoms with Gasteiger partial charge in [-0.25, -0.2) is 8.60 Å². The largest absolute Gasteiger partial charge is 0.355 e. The second kappa shape index (κ2) is 6.50. The molecule has 0 saturated heterocycles. The van der Waals surface area contributed by atoms with Gasteiger partial charge < -0.3 is 4.98 Å². The van der Waals surface area contributed by atoms with Crippen LogP contribution in [0.4, 0.5) is 10.1 Å². The molecular weight excluding hydrogens is 333 g/mol. The number of anilines is 1. The van der Waals surface area contributed by atoms with Crippen LogP contribution < -0.4 is 4.72 Å². The summed E-state index contributed by atoms with van der Waals surface area (Å²) < 4.78 is 28.6. The number of aromatic amines is 1. The Morgan fingerprint density at radius 2 is 2.16 bits per heavy atom. The maximum absolute atomic E-state index is 13.6. The Morgan fingerprint density at radius 3 is 2.68 bits per heavy atom. The summed E-state index contributed by atoms with van der Waals surface area (Å²) in [7, 11) is -1.57. The van der Waals surface area contributed by atoms with Crippen molar-refractivity contribution in [2.45, 2.75) is 12.3 Å². The summed E-state index contributed by atoms with van der Waals surface area (Å²) in [5.41, 5.74) is 0.304. The van der Waals surface area contributed by atoms with Gasteiger partial charge in [-0.05, 0) is 40.2 Å². The zero-order chi connectivity index (χ0) is 13.1. The minimum atomic E-state index is -1.57. The first-order valence-corrected chi connectivity index (χ1v) is 6.76. The van der Waals surface area contributed by atoms with Gasteiger partial charge >= 0.3 is 0 Å². The smallest absolute Gasteiger partial charge is 0.151 e. The fraction of sp³-hybridized carbons (Fsp3) is 0.0833. The molecule has 0 amide bonds. The summed E-state index contributed by atoms with van der Waals surface area (Å²) in [5.74, 6) is -0.614. The zero-order valence-corrected chi connectivity index (χ0v) is 11.3. The van der Waals surface area contributed by atoms with E-state index in [2.05, 4.69) is 25.6 Å². The lowest BCUT2D eigenvalue weighted by Crippen LogP contribution is -2.05. The van der Waals surface area contributed by atoms with E-state index in [1.807, 2.05) is 6.07 Å². The lowest BCUT2D eigenvalue weighted by Gasteiger charge is -2.05. The molecular formula is C12H11BrFN3OS. The lowest BCUT2D eigenvalue weighted by atomic mass is 10.2. The second-order valence-corrected chi connectivity index (χ2v) is 5.43. The molecule has 1 atom stereocenters. The third kappa shape index (κ3) is 3.66. The number of nitrogens with one attached hydrogen (secondary N) is 2. The van der Waals surface area contributed by atoms with Crippen LogP contribution in [0, 0.1) is 17.1 Å². The van der Waals surface area contributed by atoms with E-state index in [0.29, 0.717) is 9.50 Å². The maximum atomic E-state index is 13.6. The number of hydrogen-bond donors (Lipinski definition) is 2. The predicted molar refractivity (Wildman–Crippen MR) is 76.4 cm³/mol. The molecule has 0 saturated carbocycles. The standard InChI is InChI=1S/C11H7BrFN3OS.CH4/c12-11-4-8(6-15-11)18(17)16-10-2-1-7(5-14)3-9(10)13;/h1-4,6,15-16H;1H4. The summed E-state index contributed by atoms with van der Waals surface area (Å²) in [6.07, 6.45) is 1.55. The first-order chi connectivity index (χ1) is 8.60. The Hall–Kier alpha value is -1.65. The van der Waals surface area contributed by atoms with E-state index < -0.39 is 16.8 Å². The van der Waals surface area contributed by atoms with Gasteiger partial charge in [0.1, 0.15) is 5.82 Å². The molecule has 19 heavy (non-hydrogen) atoms. The van der Waals surface area contributed by atoms with Gasteiger partial charge in [0.25, 0.3) is 0 Å². The molecule has 0 aliphatic carbocycles. The number of hydrogen-bond acceptors (Lipinski definition) is 2. The summed E-state index contributed by atoms with van der Waals surface area (Å²) in [6, 6.07) is 7.38. The Labute approximate surface area is 121 Å². The van der Waals surface area contributed by atoms with Crippen molar-refractivity contribution in [1.82, 2.24) is 4.98 Å². The molecule has 2 N–H and O–H groups in total.